The summed E-state index contributed by atoms with van der Waals surface area (Å²) in [7, 11) is 0. The molecule has 4 heteroatoms. The number of ether oxygens (including phenoxy) is 1. The van der Waals surface area contributed by atoms with Crippen LogP contribution in [0.4, 0.5) is 0 Å². The monoisotopic (exact) mass is 167 g/mol. The standard InChI is InChI=1S/C8H9NO3/c9-7(8(10)11)6-4-2-1-3-5-12-6/h1-5,7H,9H2,(H,10,11). The van der Waals surface area contributed by atoms with Crippen LogP contribution < -0.4 is 5.73 Å². The van der Waals surface area contributed by atoms with Crippen LogP contribution in [-0.2, 0) is 9.53 Å². The van der Waals surface area contributed by atoms with E-state index in [1.807, 2.05) is 0 Å². The minimum Gasteiger partial charge on any atom is -0.480 e. The van der Waals surface area contributed by atoms with Gasteiger partial charge in [0.2, 0.25) is 0 Å². The lowest BCUT2D eigenvalue weighted by molar-refractivity contribution is -0.138. The van der Waals surface area contributed by atoms with Gasteiger partial charge in [-0.25, -0.2) is 0 Å². The minimum absolute atomic E-state index is 0.229. The van der Waals surface area contributed by atoms with Crippen molar-refractivity contribution >= 4 is 5.97 Å². The van der Waals surface area contributed by atoms with Gasteiger partial charge < -0.3 is 15.6 Å². The fourth-order valence-corrected chi connectivity index (χ4v) is 0.716. The lowest BCUT2D eigenvalue weighted by Crippen LogP contribution is -2.32. The number of carbonyl (C=O) groups is 1. The van der Waals surface area contributed by atoms with E-state index in [0.717, 1.165) is 0 Å². The Morgan fingerprint density at radius 3 is 2.92 bits per heavy atom. The van der Waals surface area contributed by atoms with Crippen molar-refractivity contribution in [2.24, 2.45) is 5.73 Å². The highest BCUT2D eigenvalue weighted by atomic mass is 16.5. The molecule has 1 heterocycles. The zero-order chi connectivity index (χ0) is 8.97. The zero-order valence-corrected chi connectivity index (χ0v) is 6.31. The maximum Gasteiger partial charge on any atom is 0.328 e. The van der Waals surface area contributed by atoms with E-state index in [1.165, 1.54) is 12.3 Å². The molecule has 0 amide bonds. The average Bonchev–Trinajstić information content (AvgIpc) is 2.30. The van der Waals surface area contributed by atoms with Crippen LogP contribution >= 0.6 is 0 Å². The summed E-state index contributed by atoms with van der Waals surface area (Å²) in [4.78, 5) is 10.4. The number of hydrogen-bond acceptors (Lipinski definition) is 3. The molecule has 0 aromatic rings. The summed E-state index contributed by atoms with van der Waals surface area (Å²) in [5.74, 6) is -0.877. The van der Waals surface area contributed by atoms with Crippen LogP contribution in [0.15, 0.2) is 36.3 Å². The van der Waals surface area contributed by atoms with Crippen molar-refractivity contribution in [3.8, 4) is 0 Å². The number of hydrogen-bond donors (Lipinski definition) is 2. The van der Waals surface area contributed by atoms with Crippen molar-refractivity contribution in [2.75, 3.05) is 0 Å². The second kappa shape index (κ2) is 3.73. The fourth-order valence-electron chi connectivity index (χ4n) is 0.716. The predicted molar refractivity (Wildman–Crippen MR) is 43.1 cm³/mol. The number of nitrogens with two attached hydrogens (primary N) is 1. The predicted octanol–water partition coefficient (Wildman–Crippen LogP) is 0.382. The van der Waals surface area contributed by atoms with Crippen molar-refractivity contribution in [1.82, 2.24) is 0 Å². The van der Waals surface area contributed by atoms with Gasteiger partial charge in [-0.2, -0.15) is 0 Å². The molecule has 1 unspecified atom stereocenters. The first-order valence-electron chi connectivity index (χ1n) is 3.40. The summed E-state index contributed by atoms with van der Waals surface area (Å²) < 4.78 is 4.94. The molecular formula is C8H9NO3. The normalized spacial score (nSPS) is 17.6. The Bertz CT molecular complexity index is 265. The number of carboxylic acid groups (broad SMARTS) is 1. The topological polar surface area (TPSA) is 72.6 Å². The Labute approximate surface area is 69.6 Å². The first-order chi connectivity index (χ1) is 5.72. The van der Waals surface area contributed by atoms with Gasteiger partial charge in [0.05, 0.1) is 6.26 Å². The molecule has 0 saturated carbocycles. The van der Waals surface area contributed by atoms with E-state index in [0.29, 0.717) is 0 Å². The van der Waals surface area contributed by atoms with E-state index in [2.05, 4.69) is 0 Å². The first kappa shape index (κ1) is 8.55. The van der Waals surface area contributed by atoms with Gasteiger partial charge in [-0.15, -0.1) is 0 Å². The van der Waals surface area contributed by atoms with E-state index >= 15 is 0 Å². The summed E-state index contributed by atoms with van der Waals surface area (Å²) in [6.45, 7) is 0. The Hall–Kier alpha value is -1.55. The summed E-state index contributed by atoms with van der Waals surface area (Å²) in [5.41, 5.74) is 5.30. The van der Waals surface area contributed by atoms with Crippen molar-refractivity contribution in [3.05, 3.63) is 36.3 Å². The van der Waals surface area contributed by atoms with Crippen molar-refractivity contribution in [2.45, 2.75) is 6.04 Å². The maximum atomic E-state index is 10.4. The fraction of sp³-hybridized carbons (Fsp3) is 0.125. The van der Waals surface area contributed by atoms with Crippen LogP contribution in [0.25, 0.3) is 0 Å². The lowest BCUT2D eigenvalue weighted by atomic mass is 10.2. The van der Waals surface area contributed by atoms with Gasteiger partial charge in [-0.05, 0) is 12.2 Å². The van der Waals surface area contributed by atoms with E-state index < -0.39 is 12.0 Å². The number of allylic oxidation sites excluding steroid dienone is 4. The van der Waals surface area contributed by atoms with E-state index in [-0.39, 0.29) is 5.76 Å². The molecule has 1 atom stereocenters. The van der Waals surface area contributed by atoms with Crippen molar-refractivity contribution < 1.29 is 14.6 Å². The molecule has 0 aromatic carbocycles. The van der Waals surface area contributed by atoms with Crippen molar-refractivity contribution in [1.29, 1.82) is 0 Å². The third-order valence-corrected chi connectivity index (χ3v) is 1.34. The summed E-state index contributed by atoms with van der Waals surface area (Å²) >= 11 is 0. The molecule has 1 aliphatic rings. The Morgan fingerprint density at radius 1 is 1.50 bits per heavy atom. The van der Waals surface area contributed by atoms with Gasteiger partial charge in [0.25, 0.3) is 0 Å². The van der Waals surface area contributed by atoms with Crippen molar-refractivity contribution in [3.63, 3.8) is 0 Å². The minimum atomic E-state index is -1.11. The van der Waals surface area contributed by atoms with Gasteiger partial charge in [-0.3, -0.25) is 4.79 Å². The van der Waals surface area contributed by atoms with Gasteiger partial charge in [-0.1, -0.05) is 12.2 Å². The molecule has 3 N–H and O–H groups in total. The van der Waals surface area contributed by atoms with Crippen LogP contribution in [-0.4, -0.2) is 17.1 Å². The molecule has 64 valence electrons. The van der Waals surface area contributed by atoms with Crippen LogP contribution in [0, 0.1) is 0 Å². The highest BCUT2D eigenvalue weighted by molar-refractivity contribution is 5.76. The molecule has 0 bridgehead atoms. The molecule has 0 aliphatic carbocycles. The van der Waals surface area contributed by atoms with Gasteiger partial charge in [0.1, 0.15) is 5.76 Å². The summed E-state index contributed by atoms with van der Waals surface area (Å²) in [5, 5.41) is 8.53. The van der Waals surface area contributed by atoms with E-state index in [9.17, 15) is 4.79 Å². The van der Waals surface area contributed by atoms with Crippen LogP contribution in [0.2, 0.25) is 0 Å². The van der Waals surface area contributed by atoms with E-state index in [4.69, 9.17) is 15.6 Å². The first-order valence-corrected chi connectivity index (χ1v) is 3.40. The van der Waals surface area contributed by atoms with Crippen LogP contribution in [0.1, 0.15) is 0 Å². The second-order valence-corrected chi connectivity index (χ2v) is 2.22. The molecule has 0 radical (unpaired) electrons. The number of aliphatic carboxylic acids is 1. The van der Waals surface area contributed by atoms with Gasteiger partial charge in [0.15, 0.2) is 6.04 Å². The Balaban J connectivity index is 2.74. The molecule has 0 fully saturated rings. The average molecular weight is 167 g/mol. The third kappa shape index (κ3) is 1.96. The third-order valence-electron chi connectivity index (χ3n) is 1.34. The number of rotatable bonds is 2. The molecule has 4 nitrogen and oxygen atoms in total. The zero-order valence-electron chi connectivity index (χ0n) is 6.31. The van der Waals surface area contributed by atoms with Crippen LogP contribution in [0.3, 0.4) is 0 Å². The molecule has 12 heavy (non-hydrogen) atoms. The molecule has 0 saturated heterocycles. The number of carboxylic acids is 1. The SMILES string of the molecule is NC(C(=O)O)C1=CC=CC=CO1. The maximum absolute atomic E-state index is 10.4. The second-order valence-electron chi connectivity index (χ2n) is 2.22. The smallest absolute Gasteiger partial charge is 0.328 e. The van der Waals surface area contributed by atoms with E-state index in [1.54, 1.807) is 18.2 Å². The molecule has 0 spiro atoms. The highest BCUT2D eigenvalue weighted by Crippen LogP contribution is 2.06. The Morgan fingerprint density at radius 2 is 2.25 bits per heavy atom. The molecular weight excluding hydrogens is 158 g/mol. The molecule has 1 aliphatic heterocycles. The summed E-state index contributed by atoms with van der Waals surface area (Å²) in [6.07, 6.45) is 7.96. The Kier molecular flexibility index (Phi) is 2.66. The lowest BCUT2D eigenvalue weighted by Gasteiger charge is -2.08. The van der Waals surface area contributed by atoms with Gasteiger partial charge >= 0.3 is 5.97 Å². The largest absolute Gasteiger partial charge is 0.480 e. The van der Waals surface area contributed by atoms with Gasteiger partial charge in [0, 0.05) is 0 Å². The van der Waals surface area contributed by atoms with Crippen LogP contribution in [0.5, 0.6) is 0 Å². The molecule has 1 rings (SSSR count). The molecule has 0 aromatic heterocycles. The highest BCUT2D eigenvalue weighted by Gasteiger charge is 2.17. The summed E-state index contributed by atoms with van der Waals surface area (Å²) in [6, 6.07) is -1.10. The quantitative estimate of drug-likeness (QED) is 0.623.